The van der Waals surface area contributed by atoms with Crippen LogP contribution in [0.4, 0.5) is 0 Å². The fourth-order valence-corrected chi connectivity index (χ4v) is 3.52. The molecular formula is C29H54N6O11. The number of nitrogens with one attached hydrogen (secondary N) is 5. The zero-order chi connectivity index (χ0) is 34.3. The molecule has 17 nitrogen and oxygen atoms in total. The summed E-state index contributed by atoms with van der Waals surface area (Å²) < 4.78 is 21.1. The fraction of sp³-hybridized carbons (Fsp3) is 0.793. The van der Waals surface area contributed by atoms with Gasteiger partial charge < -0.3 is 56.4 Å². The number of nitrogens with two attached hydrogens (primary N) is 1. The van der Waals surface area contributed by atoms with Crippen molar-refractivity contribution >= 4 is 35.5 Å². The summed E-state index contributed by atoms with van der Waals surface area (Å²) in [5.74, 6) is -2.70. The first-order chi connectivity index (χ1) is 22.2. The molecule has 46 heavy (non-hydrogen) atoms. The Hall–Kier alpha value is -3.38. The largest absolute Gasteiger partial charge is 0.480 e. The number of hydrogen-bond donors (Lipinski definition) is 7. The lowest BCUT2D eigenvalue weighted by molar-refractivity contribution is -0.142. The Bertz CT molecular complexity index is 879. The van der Waals surface area contributed by atoms with Crippen LogP contribution in [0.5, 0.6) is 0 Å². The van der Waals surface area contributed by atoms with Crippen LogP contribution in [0.25, 0.3) is 0 Å². The highest BCUT2D eigenvalue weighted by Crippen LogP contribution is 2.00. The molecule has 0 aromatic carbocycles. The molecule has 0 rings (SSSR count). The van der Waals surface area contributed by atoms with Gasteiger partial charge in [-0.25, -0.2) is 4.79 Å². The van der Waals surface area contributed by atoms with Gasteiger partial charge >= 0.3 is 5.97 Å². The summed E-state index contributed by atoms with van der Waals surface area (Å²) in [7, 11) is 0. The molecule has 8 N–H and O–H groups in total. The second-order valence-electron chi connectivity index (χ2n) is 10.1. The van der Waals surface area contributed by atoms with E-state index in [1.165, 1.54) is 0 Å². The van der Waals surface area contributed by atoms with Gasteiger partial charge in [-0.3, -0.25) is 24.0 Å². The van der Waals surface area contributed by atoms with E-state index in [-0.39, 0.29) is 95.6 Å². The molecule has 1 unspecified atom stereocenters. The van der Waals surface area contributed by atoms with Crippen molar-refractivity contribution in [3.63, 3.8) is 0 Å². The third-order valence-electron chi connectivity index (χ3n) is 6.00. The van der Waals surface area contributed by atoms with Gasteiger partial charge in [0.1, 0.15) is 19.3 Å². The molecule has 0 saturated heterocycles. The zero-order valence-electron chi connectivity index (χ0n) is 27.0. The normalized spacial score (nSPS) is 11.3. The Morgan fingerprint density at radius 3 is 1.63 bits per heavy atom. The number of hydrogen-bond acceptors (Lipinski definition) is 11. The number of aliphatic carboxylic acids is 1. The number of ether oxygens (including phenoxy) is 4. The third kappa shape index (κ3) is 28.1. The predicted molar refractivity (Wildman–Crippen MR) is 167 cm³/mol. The van der Waals surface area contributed by atoms with Crippen molar-refractivity contribution in [1.29, 1.82) is 0 Å². The van der Waals surface area contributed by atoms with Crippen molar-refractivity contribution in [2.75, 3.05) is 85.6 Å². The lowest BCUT2D eigenvalue weighted by Gasteiger charge is -2.14. The molecule has 0 aromatic heterocycles. The molecule has 0 heterocycles. The molecule has 17 heteroatoms. The van der Waals surface area contributed by atoms with Crippen LogP contribution in [0.3, 0.4) is 0 Å². The monoisotopic (exact) mass is 662 g/mol. The van der Waals surface area contributed by atoms with Crippen LogP contribution < -0.4 is 32.3 Å². The van der Waals surface area contributed by atoms with E-state index in [0.717, 1.165) is 12.8 Å². The van der Waals surface area contributed by atoms with Crippen molar-refractivity contribution in [3.8, 4) is 0 Å². The highest BCUT2D eigenvalue weighted by molar-refractivity contribution is 5.84. The van der Waals surface area contributed by atoms with Crippen molar-refractivity contribution in [1.82, 2.24) is 26.6 Å². The second kappa shape index (κ2) is 30.3. The van der Waals surface area contributed by atoms with E-state index in [4.69, 9.17) is 24.7 Å². The van der Waals surface area contributed by atoms with E-state index in [9.17, 15) is 33.9 Å². The van der Waals surface area contributed by atoms with Gasteiger partial charge in [-0.15, -0.1) is 0 Å². The van der Waals surface area contributed by atoms with E-state index >= 15 is 0 Å². The van der Waals surface area contributed by atoms with Crippen LogP contribution in [0, 0.1) is 0 Å². The predicted octanol–water partition coefficient (Wildman–Crippen LogP) is -1.81. The van der Waals surface area contributed by atoms with Crippen molar-refractivity contribution < 1.29 is 52.8 Å². The number of rotatable bonds is 31. The van der Waals surface area contributed by atoms with Gasteiger partial charge in [0.05, 0.1) is 39.6 Å². The topological polar surface area (TPSA) is 246 Å². The molecule has 0 spiro atoms. The van der Waals surface area contributed by atoms with Crippen LogP contribution in [0.15, 0.2) is 0 Å². The van der Waals surface area contributed by atoms with E-state index in [0.29, 0.717) is 52.1 Å². The average molecular weight is 663 g/mol. The molecule has 0 fully saturated rings. The van der Waals surface area contributed by atoms with Gasteiger partial charge in [-0.2, -0.15) is 0 Å². The Balaban J connectivity index is 3.65. The third-order valence-corrected chi connectivity index (χ3v) is 6.00. The molecule has 0 aliphatic rings. The summed E-state index contributed by atoms with van der Waals surface area (Å²) in [5, 5.41) is 22.4. The standard InChI is InChI=1S/C29H54N6O11/c1-2-3-11-31-25(37)9-8-23(29(41)42)35-26(38)7-5-12-32-27(39)21-45-19-18-44-16-14-34-28(40)22-46-20-17-43-15-13-33-24(36)6-4-10-30/h23H,2-22,30H2,1H3,(H,31,37)(H,32,39)(H,33,36)(H,34,40)(H,35,38)(H,41,42). The smallest absolute Gasteiger partial charge is 0.326 e. The van der Waals surface area contributed by atoms with Crippen molar-refractivity contribution in [2.45, 2.75) is 64.3 Å². The minimum atomic E-state index is -1.22. The first kappa shape index (κ1) is 42.6. The summed E-state index contributed by atoms with van der Waals surface area (Å²) in [5.41, 5.74) is 5.34. The number of carbonyl (C=O) groups is 6. The van der Waals surface area contributed by atoms with Gasteiger partial charge in [0.2, 0.25) is 29.5 Å². The molecular weight excluding hydrogens is 608 g/mol. The SMILES string of the molecule is CCCCNC(=O)CCC(NC(=O)CCCNC(=O)COCCOCCNC(=O)COCCOCCNC(=O)CCCN)C(=O)O. The van der Waals surface area contributed by atoms with Gasteiger partial charge in [0, 0.05) is 45.4 Å². The summed E-state index contributed by atoms with van der Waals surface area (Å²) in [6.07, 6.45) is 3.09. The van der Waals surface area contributed by atoms with Gasteiger partial charge in [-0.1, -0.05) is 13.3 Å². The van der Waals surface area contributed by atoms with Crippen LogP contribution in [-0.2, 0) is 47.7 Å². The van der Waals surface area contributed by atoms with E-state index in [1.807, 2.05) is 6.92 Å². The van der Waals surface area contributed by atoms with Crippen LogP contribution >= 0.6 is 0 Å². The Labute approximate surface area is 270 Å². The number of carboxylic acid groups (broad SMARTS) is 1. The minimum absolute atomic E-state index is 0.00605. The average Bonchev–Trinajstić information content (AvgIpc) is 3.02. The number of unbranched alkanes of at least 4 members (excludes halogenated alkanes) is 1. The first-order valence-corrected chi connectivity index (χ1v) is 15.8. The van der Waals surface area contributed by atoms with Gasteiger partial charge in [-0.05, 0) is 32.2 Å². The summed E-state index contributed by atoms with van der Waals surface area (Å²) in [4.78, 5) is 70.2. The summed E-state index contributed by atoms with van der Waals surface area (Å²) >= 11 is 0. The minimum Gasteiger partial charge on any atom is -0.480 e. The fourth-order valence-electron chi connectivity index (χ4n) is 3.52. The molecule has 0 aliphatic heterocycles. The quantitative estimate of drug-likeness (QED) is 0.0406. The molecule has 5 amide bonds. The van der Waals surface area contributed by atoms with E-state index < -0.39 is 17.9 Å². The molecule has 266 valence electrons. The molecule has 0 saturated carbocycles. The molecule has 0 radical (unpaired) electrons. The van der Waals surface area contributed by atoms with E-state index in [1.54, 1.807) is 0 Å². The van der Waals surface area contributed by atoms with Gasteiger partial charge in [0.15, 0.2) is 0 Å². The zero-order valence-corrected chi connectivity index (χ0v) is 27.0. The maximum absolute atomic E-state index is 12.1. The van der Waals surface area contributed by atoms with Gasteiger partial charge in [0.25, 0.3) is 0 Å². The number of carboxylic acids is 1. The summed E-state index contributed by atoms with van der Waals surface area (Å²) in [6.45, 7) is 5.06. The van der Waals surface area contributed by atoms with Crippen LogP contribution in [0.1, 0.15) is 58.3 Å². The van der Waals surface area contributed by atoms with Crippen molar-refractivity contribution in [2.24, 2.45) is 5.73 Å². The lowest BCUT2D eigenvalue weighted by Crippen LogP contribution is -2.42. The number of amides is 5. The Morgan fingerprint density at radius 2 is 1.07 bits per heavy atom. The van der Waals surface area contributed by atoms with Crippen LogP contribution in [-0.4, -0.2) is 132 Å². The maximum Gasteiger partial charge on any atom is 0.326 e. The molecule has 0 aliphatic carbocycles. The first-order valence-electron chi connectivity index (χ1n) is 15.8. The Morgan fingerprint density at radius 1 is 0.587 bits per heavy atom. The lowest BCUT2D eigenvalue weighted by atomic mass is 10.1. The highest BCUT2D eigenvalue weighted by Gasteiger charge is 2.20. The second-order valence-corrected chi connectivity index (χ2v) is 10.1. The number of carbonyl (C=O) groups excluding carboxylic acids is 5. The van der Waals surface area contributed by atoms with Crippen molar-refractivity contribution in [3.05, 3.63) is 0 Å². The molecule has 1 atom stereocenters. The summed E-state index contributed by atoms with van der Waals surface area (Å²) in [6, 6.07) is -1.16. The molecule has 0 bridgehead atoms. The van der Waals surface area contributed by atoms with Crippen LogP contribution in [0.2, 0.25) is 0 Å². The van der Waals surface area contributed by atoms with E-state index in [2.05, 4.69) is 26.6 Å². The Kier molecular flexibility index (Phi) is 28.1. The highest BCUT2D eigenvalue weighted by atomic mass is 16.5. The maximum atomic E-state index is 12.1. The molecule has 0 aromatic rings.